The molecule has 2 heterocycles. The molecule has 0 saturated carbocycles. The maximum atomic E-state index is 5.87. The summed E-state index contributed by atoms with van der Waals surface area (Å²) < 4.78 is 13.6. The number of hydrogen-bond acceptors (Lipinski definition) is 4. The van der Waals surface area contributed by atoms with Crippen molar-refractivity contribution in [3.05, 3.63) is 84.7 Å². The minimum Gasteiger partial charge on any atom is -0.491 e. The fourth-order valence-corrected chi connectivity index (χ4v) is 3.07. The second-order valence-corrected chi connectivity index (χ2v) is 6.45. The van der Waals surface area contributed by atoms with Crippen molar-refractivity contribution in [1.82, 2.24) is 9.38 Å². The summed E-state index contributed by atoms with van der Waals surface area (Å²) in [6, 6.07) is 22.2. The first kappa shape index (κ1) is 18.1. The highest BCUT2D eigenvalue weighted by Gasteiger charge is 2.07. The molecule has 0 aliphatic rings. The van der Waals surface area contributed by atoms with Crippen LogP contribution in [0.15, 0.2) is 79.1 Å². The summed E-state index contributed by atoms with van der Waals surface area (Å²) in [5.41, 5.74) is 5.20. The van der Waals surface area contributed by atoms with Crippen molar-refractivity contribution in [3.63, 3.8) is 0 Å². The molecular weight excluding hydrogens is 350 g/mol. The van der Waals surface area contributed by atoms with Crippen molar-refractivity contribution in [2.24, 2.45) is 0 Å². The minimum absolute atomic E-state index is 0.507. The zero-order chi connectivity index (χ0) is 19.2. The highest BCUT2D eigenvalue weighted by atomic mass is 16.5. The first-order valence-electron chi connectivity index (χ1n) is 9.33. The monoisotopic (exact) mass is 373 g/mol. The number of ether oxygens (including phenoxy) is 2. The van der Waals surface area contributed by atoms with E-state index >= 15 is 0 Å². The topological polar surface area (TPSA) is 47.8 Å². The van der Waals surface area contributed by atoms with Crippen LogP contribution in [0.2, 0.25) is 0 Å². The largest absolute Gasteiger partial charge is 0.491 e. The fourth-order valence-electron chi connectivity index (χ4n) is 3.07. The quantitative estimate of drug-likeness (QED) is 0.457. The molecule has 4 rings (SSSR count). The SMILES string of the molecule is CNc1ccc2ncc(-c3cccc(OCCOCc4ccccc4)c3)n2c1. The number of fused-ring (bicyclic) bond motifs is 1. The molecule has 0 aliphatic heterocycles. The fraction of sp³-hybridized carbons (Fsp3) is 0.174. The van der Waals surface area contributed by atoms with Gasteiger partial charge in [-0.3, -0.25) is 4.40 Å². The molecule has 2 aromatic heterocycles. The molecule has 2 aromatic carbocycles. The van der Waals surface area contributed by atoms with Gasteiger partial charge >= 0.3 is 0 Å². The third kappa shape index (κ3) is 4.15. The number of pyridine rings is 1. The Morgan fingerprint density at radius 1 is 0.964 bits per heavy atom. The lowest BCUT2D eigenvalue weighted by Gasteiger charge is -2.09. The van der Waals surface area contributed by atoms with Crippen LogP contribution in [0.3, 0.4) is 0 Å². The first-order valence-corrected chi connectivity index (χ1v) is 9.33. The number of rotatable bonds is 8. The van der Waals surface area contributed by atoms with E-state index in [9.17, 15) is 0 Å². The Bertz CT molecular complexity index is 1040. The maximum Gasteiger partial charge on any atom is 0.137 e. The van der Waals surface area contributed by atoms with Gasteiger partial charge in [0, 0.05) is 18.8 Å². The Kier molecular flexibility index (Phi) is 5.54. The van der Waals surface area contributed by atoms with Gasteiger partial charge in [-0.05, 0) is 29.8 Å². The molecule has 0 amide bonds. The number of imidazole rings is 1. The lowest BCUT2D eigenvalue weighted by molar-refractivity contribution is 0.0889. The van der Waals surface area contributed by atoms with Gasteiger partial charge in [0.05, 0.1) is 30.8 Å². The van der Waals surface area contributed by atoms with Crippen molar-refractivity contribution in [2.45, 2.75) is 6.61 Å². The van der Waals surface area contributed by atoms with E-state index in [1.807, 2.05) is 68.0 Å². The molecule has 4 aromatic rings. The zero-order valence-corrected chi connectivity index (χ0v) is 15.8. The summed E-state index contributed by atoms with van der Waals surface area (Å²) >= 11 is 0. The summed E-state index contributed by atoms with van der Waals surface area (Å²) in [7, 11) is 1.91. The molecule has 0 bridgehead atoms. The Hall–Kier alpha value is -3.31. The van der Waals surface area contributed by atoms with Crippen LogP contribution in [0.4, 0.5) is 5.69 Å². The van der Waals surface area contributed by atoms with Crippen molar-refractivity contribution >= 4 is 11.3 Å². The normalized spacial score (nSPS) is 10.9. The Labute approximate surface area is 164 Å². The van der Waals surface area contributed by atoms with Crippen LogP contribution in [0.1, 0.15) is 5.56 Å². The van der Waals surface area contributed by atoms with Gasteiger partial charge in [0.1, 0.15) is 18.0 Å². The summed E-state index contributed by atoms with van der Waals surface area (Å²) in [5.74, 6) is 0.820. The van der Waals surface area contributed by atoms with Crippen molar-refractivity contribution < 1.29 is 9.47 Å². The summed E-state index contributed by atoms with van der Waals surface area (Å²) in [4.78, 5) is 4.49. The molecule has 1 N–H and O–H groups in total. The molecule has 0 radical (unpaired) electrons. The average Bonchev–Trinajstić information content (AvgIpc) is 3.17. The molecule has 142 valence electrons. The van der Waals surface area contributed by atoms with Crippen LogP contribution in [-0.4, -0.2) is 29.6 Å². The predicted molar refractivity (Wildman–Crippen MR) is 112 cm³/mol. The highest BCUT2D eigenvalue weighted by Crippen LogP contribution is 2.25. The Balaban J connectivity index is 1.39. The van der Waals surface area contributed by atoms with Gasteiger partial charge in [-0.15, -0.1) is 0 Å². The van der Waals surface area contributed by atoms with Crippen LogP contribution < -0.4 is 10.1 Å². The smallest absolute Gasteiger partial charge is 0.137 e. The Morgan fingerprint density at radius 3 is 2.71 bits per heavy atom. The molecule has 5 nitrogen and oxygen atoms in total. The molecule has 0 unspecified atom stereocenters. The summed E-state index contributed by atoms with van der Waals surface area (Å²) in [6.45, 7) is 1.65. The van der Waals surface area contributed by atoms with E-state index in [4.69, 9.17) is 9.47 Å². The molecular formula is C23H23N3O2. The molecule has 0 aliphatic carbocycles. The second-order valence-electron chi connectivity index (χ2n) is 6.45. The van der Waals surface area contributed by atoms with Crippen molar-refractivity contribution in [3.8, 4) is 17.0 Å². The molecule has 5 heteroatoms. The Morgan fingerprint density at radius 2 is 1.86 bits per heavy atom. The van der Waals surface area contributed by atoms with Gasteiger partial charge in [0.25, 0.3) is 0 Å². The van der Waals surface area contributed by atoms with Gasteiger partial charge in [0.15, 0.2) is 0 Å². The molecule has 28 heavy (non-hydrogen) atoms. The summed E-state index contributed by atoms with van der Waals surface area (Å²) in [5, 5.41) is 3.16. The van der Waals surface area contributed by atoms with Crippen LogP contribution >= 0.6 is 0 Å². The molecule has 0 fully saturated rings. The van der Waals surface area contributed by atoms with Crippen LogP contribution in [0.25, 0.3) is 16.9 Å². The second kappa shape index (κ2) is 8.59. The van der Waals surface area contributed by atoms with Gasteiger partial charge < -0.3 is 14.8 Å². The molecule has 0 spiro atoms. The van der Waals surface area contributed by atoms with E-state index in [2.05, 4.69) is 32.9 Å². The van der Waals surface area contributed by atoms with Crippen LogP contribution in [0, 0.1) is 0 Å². The molecule has 0 saturated heterocycles. The standard InChI is InChI=1S/C23H23N3O2/c1-24-20-10-11-23-25-15-22(26(23)16-20)19-8-5-9-21(14-19)28-13-12-27-17-18-6-3-2-4-7-18/h2-11,14-16,24H,12-13,17H2,1H3. The van der Waals surface area contributed by atoms with E-state index in [0.29, 0.717) is 19.8 Å². The number of benzene rings is 2. The van der Waals surface area contributed by atoms with Crippen molar-refractivity contribution in [1.29, 1.82) is 0 Å². The number of hydrogen-bond donors (Lipinski definition) is 1. The lowest BCUT2D eigenvalue weighted by atomic mass is 10.1. The average molecular weight is 373 g/mol. The summed E-state index contributed by atoms with van der Waals surface area (Å²) in [6.07, 6.45) is 3.93. The van der Waals surface area contributed by atoms with Gasteiger partial charge in [0.2, 0.25) is 0 Å². The lowest BCUT2D eigenvalue weighted by Crippen LogP contribution is -2.06. The van der Waals surface area contributed by atoms with E-state index < -0.39 is 0 Å². The third-order valence-corrected chi connectivity index (χ3v) is 4.53. The maximum absolute atomic E-state index is 5.87. The van der Waals surface area contributed by atoms with E-state index in [-0.39, 0.29) is 0 Å². The number of aromatic nitrogens is 2. The number of nitrogens with one attached hydrogen (secondary N) is 1. The van der Waals surface area contributed by atoms with Crippen LogP contribution in [-0.2, 0) is 11.3 Å². The minimum atomic E-state index is 0.507. The van der Waals surface area contributed by atoms with Crippen LogP contribution in [0.5, 0.6) is 5.75 Å². The predicted octanol–water partition coefficient (Wildman–Crippen LogP) is 4.64. The van der Waals surface area contributed by atoms with E-state index in [0.717, 1.165) is 33.9 Å². The van der Waals surface area contributed by atoms with E-state index in [1.165, 1.54) is 0 Å². The van der Waals surface area contributed by atoms with Gasteiger partial charge in [-0.2, -0.15) is 0 Å². The van der Waals surface area contributed by atoms with Crippen molar-refractivity contribution in [2.75, 3.05) is 25.6 Å². The first-order chi connectivity index (χ1) is 13.8. The molecule has 0 atom stereocenters. The number of nitrogens with zero attached hydrogens (tertiary/aromatic N) is 2. The van der Waals surface area contributed by atoms with Gasteiger partial charge in [-0.25, -0.2) is 4.98 Å². The van der Waals surface area contributed by atoms with Gasteiger partial charge in [-0.1, -0.05) is 42.5 Å². The highest BCUT2D eigenvalue weighted by molar-refractivity contribution is 5.66. The third-order valence-electron chi connectivity index (χ3n) is 4.53. The zero-order valence-electron chi connectivity index (χ0n) is 15.8. The number of anilines is 1. The van der Waals surface area contributed by atoms with E-state index in [1.54, 1.807) is 0 Å².